The molecule has 0 saturated carbocycles. The van der Waals surface area contributed by atoms with E-state index in [0.29, 0.717) is 21.7 Å². The summed E-state index contributed by atoms with van der Waals surface area (Å²) in [5.74, 6) is 0.598. The molecule has 0 radical (unpaired) electrons. The van der Waals surface area contributed by atoms with E-state index in [2.05, 4.69) is 17.2 Å². The monoisotopic (exact) mass is 448 g/mol. The van der Waals surface area contributed by atoms with Crippen molar-refractivity contribution in [1.29, 1.82) is 0 Å². The lowest BCUT2D eigenvalue weighted by Crippen LogP contribution is -2.19. The topological polar surface area (TPSA) is 50.7 Å². The summed E-state index contributed by atoms with van der Waals surface area (Å²) < 4.78 is 5.82. The fraction of sp³-hybridized carbons (Fsp3) is 0.120. The lowest BCUT2D eigenvalue weighted by atomic mass is 10.1. The number of hydrogen-bond donors (Lipinski definition) is 1. The van der Waals surface area contributed by atoms with Gasteiger partial charge in [0, 0.05) is 10.6 Å². The second-order valence-electron chi connectivity index (χ2n) is 6.91. The molecular weight excluding hydrogens is 428 g/mol. The summed E-state index contributed by atoms with van der Waals surface area (Å²) in [5, 5.41) is 4.13. The van der Waals surface area contributed by atoms with E-state index < -0.39 is 0 Å². The molecule has 0 atom stereocenters. The minimum absolute atomic E-state index is 0.142. The smallest absolute Gasteiger partial charge is 0.264 e. The van der Waals surface area contributed by atoms with Crippen molar-refractivity contribution in [3.05, 3.63) is 99.4 Å². The maximum atomic E-state index is 12.4. The van der Waals surface area contributed by atoms with Crippen molar-refractivity contribution in [2.24, 2.45) is 4.99 Å². The molecule has 0 aliphatic carbocycles. The highest BCUT2D eigenvalue weighted by Gasteiger charge is 2.24. The molecule has 4 nitrogen and oxygen atoms in total. The number of carbonyl (C=O) groups is 1. The van der Waals surface area contributed by atoms with Gasteiger partial charge in [0.1, 0.15) is 12.4 Å². The summed E-state index contributed by atoms with van der Waals surface area (Å²) in [7, 11) is 0. The van der Waals surface area contributed by atoms with Gasteiger partial charge in [0.2, 0.25) is 0 Å². The average molecular weight is 449 g/mol. The third kappa shape index (κ3) is 5.37. The van der Waals surface area contributed by atoms with Crippen LogP contribution in [0.25, 0.3) is 6.08 Å². The number of benzene rings is 3. The van der Waals surface area contributed by atoms with E-state index in [1.54, 1.807) is 0 Å². The van der Waals surface area contributed by atoms with Crippen LogP contribution in [0.1, 0.15) is 23.6 Å². The van der Waals surface area contributed by atoms with Gasteiger partial charge in [-0.3, -0.25) is 4.79 Å². The van der Waals surface area contributed by atoms with Gasteiger partial charge in [0.25, 0.3) is 5.91 Å². The number of thioether (sulfide) groups is 1. The average Bonchev–Trinajstić information content (AvgIpc) is 3.13. The molecule has 1 saturated heterocycles. The Hall–Kier alpha value is -3.02. The number of rotatable bonds is 6. The Morgan fingerprint density at radius 1 is 1.00 bits per heavy atom. The fourth-order valence-electron chi connectivity index (χ4n) is 3.10. The highest BCUT2D eigenvalue weighted by atomic mass is 35.5. The zero-order valence-electron chi connectivity index (χ0n) is 17.0. The first-order chi connectivity index (χ1) is 15.1. The molecule has 1 fully saturated rings. The summed E-state index contributed by atoms with van der Waals surface area (Å²) in [6.07, 6.45) is 2.74. The van der Waals surface area contributed by atoms with Crippen LogP contribution >= 0.6 is 23.4 Å². The Labute approximate surface area is 191 Å². The number of aryl methyl sites for hydroxylation is 1. The van der Waals surface area contributed by atoms with Crippen molar-refractivity contribution >= 4 is 46.2 Å². The first-order valence-corrected chi connectivity index (χ1v) is 11.2. The summed E-state index contributed by atoms with van der Waals surface area (Å²) in [6, 6.07) is 23.2. The molecule has 156 valence electrons. The first kappa shape index (κ1) is 21.2. The molecule has 0 aromatic heterocycles. The summed E-state index contributed by atoms with van der Waals surface area (Å²) >= 11 is 7.51. The number of amidine groups is 1. The normalized spacial score (nSPS) is 16.0. The maximum Gasteiger partial charge on any atom is 0.264 e. The van der Waals surface area contributed by atoms with Crippen LogP contribution in [0.2, 0.25) is 5.02 Å². The minimum Gasteiger partial charge on any atom is -0.489 e. The van der Waals surface area contributed by atoms with Crippen LogP contribution in [0, 0.1) is 0 Å². The molecule has 3 aromatic rings. The maximum absolute atomic E-state index is 12.4. The van der Waals surface area contributed by atoms with Crippen molar-refractivity contribution in [1.82, 2.24) is 5.32 Å². The number of halogens is 1. The molecule has 3 aromatic carbocycles. The Balaban J connectivity index is 1.43. The number of amides is 1. The van der Waals surface area contributed by atoms with Gasteiger partial charge in [0.15, 0.2) is 5.17 Å². The Kier molecular flexibility index (Phi) is 6.75. The van der Waals surface area contributed by atoms with Gasteiger partial charge in [-0.2, -0.15) is 0 Å². The zero-order chi connectivity index (χ0) is 21.6. The number of nitrogens with one attached hydrogen (secondary N) is 1. The number of aliphatic imine (C=N–C) groups is 1. The predicted molar refractivity (Wildman–Crippen MR) is 129 cm³/mol. The number of para-hydroxylation sites is 1. The van der Waals surface area contributed by atoms with Crippen LogP contribution in [0.5, 0.6) is 5.75 Å². The molecule has 1 aliphatic rings. The molecule has 1 aliphatic heterocycles. The second kappa shape index (κ2) is 9.86. The summed E-state index contributed by atoms with van der Waals surface area (Å²) in [4.78, 5) is 17.6. The summed E-state index contributed by atoms with van der Waals surface area (Å²) in [6.45, 7) is 2.49. The van der Waals surface area contributed by atoms with Crippen LogP contribution < -0.4 is 10.1 Å². The standard InChI is InChI=1S/C25H21ClN2O2S/c1-2-18-7-4-6-10-22(18)27-25-28-24(29)23(31-25)15-17-11-13-20(14-12-17)30-16-19-8-3-5-9-21(19)26/h3-15H,2,16H2,1H3,(H,27,28,29)/b23-15-. The molecule has 6 heteroatoms. The highest BCUT2D eigenvalue weighted by molar-refractivity contribution is 8.18. The van der Waals surface area contributed by atoms with Crippen molar-refractivity contribution in [3.8, 4) is 5.75 Å². The molecule has 1 heterocycles. The van der Waals surface area contributed by atoms with Crippen LogP contribution in [-0.4, -0.2) is 11.1 Å². The van der Waals surface area contributed by atoms with Crippen molar-refractivity contribution in [2.75, 3.05) is 0 Å². The van der Waals surface area contributed by atoms with Crippen molar-refractivity contribution in [2.45, 2.75) is 20.0 Å². The van der Waals surface area contributed by atoms with Gasteiger partial charge < -0.3 is 10.1 Å². The van der Waals surface area contributed by atoms with Crippen LogP contribution in [0.15, 0.2) is 82.7 Å². The van der Waals surface area contributed by atoms with E-state index in [4.69, 9.17) is 16.3 Å². The van der Waals surface area contributed by atoms with Gasteiger partial charge in [-0.15, -0.1) is 0 Å². The third-order valence-corrected chi connectivity index (χ3v) is 6.05. The molecule has 31 heavy (non-hydrogen) atoms. The SMILES string of the molecule is CCc1ccccc1N=C1NC(=O)/C(=C/c2ccc(OCc3ccccc3Cl)cc2)S1. The second-order valence-corrected chi connectivity index (χ2v) is 8.35. The molecular formula is C25H21ClN2O2S. The molecule has 1 amide bonds. The van der Waals surface area contributed by atoms with Crippen molar-refractivity contribution < 1.29 is 9.53 Å². The van der Waals surface area contributed by atoms with Crippen molar-refractivity contribution in [3.63, 3.8) is 0 Å². The Morgan fingerprint density at radius 2 is 1.71 bits per heavy atom. The Bertz CT molecular complexity index is 1160. The van der Waals surface area contributed by atoms with Crippen LogP contribution in [0.4, 0.5) is 5.69 Å². The molecule has 0 spiro atoms. The predicted octanol–water partition coefficient (Wildman–Crippen LogP) is 6.37. The van der Waals surface area contributed by atoms with Gasteiger partial charge in [-0.1, -0.05) is 67.1 Å². The van der Waals surface area contributed by atoms with E-state index in [-0.39, 0.29) is 5.91 Å². The molecule has 1 N–H and O–H groups in total. The van der Waals surface area contributed by atoms with Gasteiger partial charge in [-0.25, -0.2) is 4.99 Å². The van der Waals surface area contributed by atoms with E-state index >= 15 is 0 Å². The molecule has 4 rings (SSSR count). The number of ether oxygens (including phenoxy) is 1. The van der Waals surface area contributed by atoms with E-state index in [9.17, 15) is 4.79 Å². The minimum atomic E-state index is -0.142. The third-order valence-electron chi connectivity index (χ3n) is 4.78. The number of carbonyl (C=O) groups excluding carboxylic acids is 1. The van der Waals surface area contributed by atoms with E-state index in [0.717, 1.165) is 34.5 Å². The first-order valence-electron chi connectivity index (χ1n) is 9.96. The van der Waals surface area contributed by atoms with Gasteiger partial charge >= 0.3 is 0 Å². The van der Waals surface area contributed by atoms with Crippen LogP contribution in [-0.2, 0) is 17.8 Å². The van der Waals surface area contributed by atoms with Gasteiger partial charge in [-0.05, 0) is 59.7 Å². The molecule has 0 bridgehead atoms. The lowest BCUT2D eigenvalue weighted by Gasteiger charge is -2.08. The van der Waals surface area contributed by atoms with E-state index in [1.807, 2.05) is 78.9 Å². The fourth-order valence-corrected chi connectivity index (χ4v) is 4.12. The highest BCUT2D eigenvalue weighted by Crippen LogP contribution is 2.30. The quantitative estimate of drug-likeness (QED) is 0.445. The molecule has 0 unspecified atom stereocenters. The largest absolute Gasteiger partial charge is 0.489 e. The van der Waals surface area contributed by atoms with E-state index in [1.165, 1.54) is 11.8 Å². The van der Waals surface area contributed by atoms with Gasteiger partial charge in [0.05, 0.1) is 10.6 Å². The number of nitrogens with zero attached hydrogens (tertiary/aromatic N) is 1. The van der Waals surface area contributed by atoms with Crippen LogP contribution in [0.3, 0.4) is 0 Å². The Morgan fingerprint density at radius 3 is 2.45 bits per heavy atom. The summed E-state index contributed by atoms with van der Waals surface area (Å²) in [5.41, 5.74) is 3.88. The lowest BCUT2D eigenvalue weighted by molar-refractivity contribution is -0.115. The number of hydrogen-bond acceptors (Lipinski definition) is 4. The zero-order valence-corrected chi connectivity index (χ0v) is 18.5.